The van der Waals surface area contributed by atoms with Crippen LogP contribution in [0.1, 0.15) is 45.4 Å². The van der Waals surface area contributed by atoms with Crippen LogP contribution < -0.4 is 0 Å². The van der Waals surface area contributed by atoms with E-state index in [0.717, 1.165) is 45.6 Å². The fraction of sp³-hybridized carbons (Fsp3) is 1.00. The second kappa shape index (κ2) is 7.74. The molecule has 0 aromatic carbocycles. The predicted octanol–water partition coefficient (Wildman–Crippen LogP) is 2.05. The number of methoxy groups -OCH3 is 1. The molecule has 4 heteroatoms. The molecule has 1 saturated carbocycles. The summed E-state index contributed by atoms with van der Waals surface area (Å²) in [7, 11) is 1.77. The highest BCUT2D eigenvalue weighted by molar-refractivity contribution is 5.06. The van der Waals surface area contributed by atoms with Crippen LogP contribution in [0.3, 0.4) is 0 Å². The van der Waals surface area contributed by atoms with Gasteiger partial charge in [-0.2, -0.15) is 0 Å². The van der Waals surface area contributed by atoms with Crippen LogP contribution in [-0.2, 0) is 9.47 Å². The summed E-state index contributed by atoms with van der Waals surface area (Å²) in [6.07, 6.45) is 6.86. The Balaban J connectivity index is 1.67. The third-order valence-corrected chi connectivity index (χ3v) is 5.22. The van der Waals surface area contributed by atoms with E-state index in [1.807, 2.05) is 6.92 Å². The van der Waals surface area contributed by atoms with Gasteiger partial charge in [0.1, 0.15) is 0 Å². The number of nitrogens with zero attached hydrogens (tertiary/aromatic N) is 1. The second-order valence-electron chi connectivity index (χ2n) is 6.32. The fourth-order valence-electron chi connectivity index (χ4n) is 3.77. The molecule has 20 heavy (non-hydrogen) atoms. The van der Waals surface area contributed by atoms with Crippen molar-refractivity contribution in [2.45, 2.75) is 57.7 Å². The molecule has 1 spiro atoms. The highest BCUT2D eigenvalue weighted by Gasteiger charge is 2.55. The first-order valence-corrected chi connectivity index (χ1v) is 8.24. The predicted molar refractivity (Wildman–Crippen MR) is 79.9 cm³/mol. The Bertz CT molecular complexity index is 275. The average Bonchev–Trinajstić information content (AvgIpc) is 2.47. The minimum Gasteiger partial charge on any atom is -0.392 e. The molecular weight excluding hydrogens is 254 g/mol. The number of unbranched alkanes of at least 4 members (excludes halogenated alkanes) is 2. The lowest BCUT2D eigenvalue weighted by molar-refractivity contribution is -0.209. The van der Waals surface area contributed by atoms with Crippen LogP contribution in [0.5, 0.6) is 0 Å². The average molecular weight is 285 g/mol. The Morgan fingerprint density at radius 1 is 1.20 bits per heavy atom. The monoisotopic (exact) mass is 285 g/mol. The standard InChI is InChI=1S/C16H31NO3/c1-3-20-15-13-14(18)16(15)7-10-17(11-8-16)9-5-4-6-12-19-2/h14-15,18H,3-13H2,1-2H3. The summed E-state index contributed by atoms with van der Waals surface area (Å²) in [6, 6.07) is 0. The van der Waals surface area contributed by atoms with Gasteiger partial charge in [0.15, 0.2) is 0 Å². The third kappa shape index (κ3) is 3.53. The lowest BCUT2D eigenvalue weighted by Crippen LogP contribution is -2.62. The summed E-state index contributed by atoms with van der Waals surface area (Å²) in [5.41, 5.74) is 0.0720. The number of piperidine rings is 1. The third-order valence-electron chi connectivity index (χ3n) is 5.22. The molecule has 2 rings (SSSR count). The first-order valence-electron chi connectivity index (χ1n) is 8.24. The van der Waals surface area contributed by atoms with Crippen LogP contribution in [0.25, 0.3) is 0 Å². The fourth-order valence-corrected chi connectivity index (χ4v) is 3.77. The number of likely N-dealkylation sites (tertiary alicyclic amines) is 1. The van der Waals surface area contributed by atoms with Gasteiger partial charge in [-0.15, -0.1) is 0 Å². The van der Waals surface area contributed by atoms with Crippen molar-refractivity contribution >= 4 is 0 Å². The van der Waals surface area contributed by atoms with E-state index in [0.29, 0.717) is 6.10 Å². The Morgan fingerprint density at radius 3 is 2.55 bits per heavy atom. The van der Waals surface area contributed by atoms with Crippen molar-refractivity contribution in [1.29, 1.82) is 0 Å². The summed E-state index contributed by atoms with van der Waals surface area (Å²) in [5, 5.41) is 10.2. The minimum absolute atomic E-state index is 0.0720. The van der Waals surface area contributed by atoms with E-state index in [-0.39, 0.29) is 11.5 Å². The Hall–Kier alpha value is -0.160. The molecule has 118 valence electrons. The van der Waals surface area contributed by atoms with Gasteiger partial charge in [0.25, 0.3) is 0 Å². The van der Waals surface area contributed by atoms with E-state index in [1.165, 1.54) is 25.8 Å². The summed E-state index contributed by atoms with van der Waals surface area (Å²) in [5.74, 6) is 0. The van der Waals surface area contributed by atoms with Crippen molar-refractivity contribution < 1.29 is 14.6 Å². The number of aliphatic hydroxyl groups excluding tert-OH is 1. The quantitative estimate of drug-likeness (QED) is 0.693. The van der Waals surface area contributed by atoms with E-state index >= 15 is 0 Å². The van der Waals surface area contributed by atoms with E-state index in [1.54, 1.807) is 7.11 Å². The smallest absolute Gasteiger partial charge is 0.0681 e. The molecule has 1 heterocycles. The molecule has 0 bridgehead atoms. The number of rotatable bonds is 8. The summed E-state index contributed by atoms with van der Waals surface area (Å²) in [4.78, 5) is 2.55. The maximum Gasteiger partial charge on any atom is 0.0681 e. The number of hydrogen-bond donors (Lipinski definition) is 1. The van der Waals surface area contributed by atoms with Gasteiger partial charge in [-0.05, 0) is 58.7 Å². The molecule has 2 aliphatic rings. The van der Waals surface area contributed by atoms with Crippen LogP contribution in [0.2, 0.25) is 0 Å². The number of aliphatic hydroxyl groups is 1. The maximum absolute atomic E-state index is 10.2. The summed E-state index contributed by atoms with van der Waals surface area (Å²) in [6.45, 7) is 7.12. The van der Waals surface area contributed by atoms with Gasteiger partial charge in [-0.25, -0.2) is 0 Å². The molecule has 2 atom stereocenters. The summed E-state index contributed by atoms with van der Waals surface area (Å²) >= 11 is 0. The molecule has 2 fully saturated rings. The zero-order chi connectivity index (χ0) is 14.4. The first-order chi connectivity index (χ1) is 9.73. The Labute approximate surface area is 123 Å². The molecule has 4 nitrogen and oxygen atoms in total. The highest BCUT2D eigenvalue weighted by atomic mass is 16.5. The highest BCUT2D eigenvalue weighted by Crippen LogP contribution is 2.50. The molecule has 2 unspecified atom stereocenters. The molecule has 0 radical (unpaired) electrons. The van der Waals surface area contributed by atoms with Gasteiger partial charge in [0.05, 0.1) is 12.2 Å². The maximum atomic E-state index is 10.2. The van der Waals surface area contributed by atoms with Gasteiger partial charge in [-0.3, -0.25) is 0 Å². The van der Waals surface area contributed by atoms with Crippen molar-refractivity contribution in [2.24, 2.45) is 5.41 Å². The summed E-state index contributed by atoms with van der Waals surface area (Å²) < 4.78 is 10.9. The van der Waals surface area contributed by atoms with Gasteiger partial charge in [-0.1, -0.05) is 0 Å². The van der Waals surface area contributed by atoms with Crippen molar-refractivity contribution in [3.05, 3.63) is 0 Å². The molecule has 1 aliphatic heterocycles. The lowest BCUT2D eigenvalue weighted by atomic mass is 9.58. The molecular formula is C16H31NO3. The van der Waals surface area contributed by atoms with E-state index in [2.05, 4.69) is 4.90 Å². The normalized spacial score (nSPS) is 29.6. The Morgan fingerprint density at radius 2 is 1.95 bits per heavy atom. The van der Waals surface area contributed by atoms with Crippen LogP contribution >= 0.6 is 0 Å². The molecule has 1 N–H and O–H groups in total. The topological polar surface area (TPSA) is 41.9 Å². The van der Waals surface area contributed by atoms with Gasteiger partial charge in [0, 0.05) is 32.2 Å². The van der Waals surface area contributed by atoms with Gasteiger partial charge >= 0.3 is 0 Å². The SMILES string of the molecule is CCOC1CC(O)C12CCN(CCCCCOC)CC2. The van der Waals surface area contributed by atoms with Crippen LogP contribution in [0.15, 0.2) is 0 Å². The van der Waals surface area contributed by atoms with Gasteiger partial charge < -0.3 is 19.5 Å². The van der Waals surface area contributed by atoms with Crippen molar-refractivity contribution in [1.82, 2.24) is 4.90 Å². The lowest BCUT2D eigenvalue weighted by Gasteiger charge is -2.56. The zero-order valence-corrected chi connectivity index (χ0v) is 13.1. The largest absolute Gasteiger partial charge is 0.392 e. The number of ether oxygens (including phenoxy) is 2. The second-order valence-corrected chi connectivity index (χ2v) is 6.32. The minimum atomic E-state index is -0.136. The first kappa shape index (κ1) is 16.2. The molecule has 0 aromatic heterocycles. The van der Waals surface area contributed by atoms with Crippen molar-refractivity contribution in [2.75, 3.05) is 40.0 Å². The van der Waals surface area contributed by atoms with E-state index < -0.39 is 0 Å². The van der Waals surface area contributed by atoms with E-state index in [9.17, 15) is 5.11 Å². The molecule has 0 amide bonds. The van der Waals surface area contributed by atoms with Crippen molar-refractivity contribution in [3.8, 4) is 0 Å². The van der Waals surface area contributed by atoms with Gasteiger partial charge in [0.2, 0.25) is 0 Å². The zero-order valence-electron chi connectivity index (χ0n) is 13.1. The van der Waals surface area contributed by atoms with E-state index in [4.69, 9.17) is 9.47 Å². The Kier molecular flexibility index (Phi) is 6.27. The van der Waals surface area contributed by atoms with Crippen molar-refractivity contribution in [3.63, 3.8) is 0 Å². The molecule has 0 aromatic rings. The van der Waals surface area contributed by atoms with Crippen LogP contribution in [0.4, 0.5) is 0 Å². The molecule has 1 saturated heterocycles. The molecule has 1 aliphatic carbocycles. The van der Waals surface area contributed by atoms with Crippen LogP contribution in [-0.4, -0.2) is 62.2 Å². The number of hydrogen-bond acceptors (Lipinski definition) is 4. The van der Waals surface area contributed by atoms with Crippen LogP contribution in [0, 0.1) is 5.41 Å².